The van der Waals surface area contributed by atoms with Crippen LogP contribution in [-0.2, 0) is 5.41 Å². The first-order chi connectivity index (χ1) is 8.72. The normalized spacial score (nSPS) is 19.9. The molecule has 0 unspecified atom stereocenters. The molecule has 2 nitrogen and oxygen atoms in total. The summed E-state index contributed by atoms with van der Waals surface area (Å²) in [7, 11) is 2.06. The monoisotopic (exact) mass is 310 g/mol. The van der Waals surface area contributed by atoms with Crippen LogP contribution in [0.4, 0.5) is 0 Å². The Balaban J connectivity index is 2.26. The molecule has 0 aromatic heterocycles. The first-order valence-corrected chi connectivity index (χ1v) is 7.63. The van der Waals surface area contributed by atoms with E-state index in [2.05, 4.69) is 64.4 Å². The minimum atomic E-state index is 0.292. The third-order valence-electron chi connectivity index (χ3n) is 4.22. The molecule has 0 saturated carbocycles. The molecule has 18 heavy (non-hydrogen) atoms. The third-order valence-corrected chi connectivity index (χ3v) is 4.91. The fourth-order valence-electron chi connectivity index (χ4n) is 3.07. The molecule has 1 fully saturated rings. The van der Waals surface area contributed by atoms with Crippen LogP contribution in [0.3, 0.4) is 0 Å². The van der Waals surface area contributed by atoms with Crippen molar-refractivity contribution in [2.24, 2.45) is 0 Å². The van der Waals surface area contributed by atoms with E-state index in [0.717, 1.165) is 6.54 Å². The average molecular weight is 311 g/mol. The van der Waals surface area contributed by atoms with Gasteiger partial charge in [-0.1, -0.05) is 41.1 Å². The second-order valence-electron chi connectivity index (χ2n) is 5.22. The quantitative estimate of drug-likeness (QED) is 0.919. The van der Waals surface area contributed by atoms with Crippen LogP contribution in [0.2, 0.25) is 0 Å². The number of hydrogen-bond donors (Lipinski definition) is 1. The van der Waals surface area contributed by atoms with Gasteiger partial charge < -0.3 is 10.2 Å². The highest BCUT2D eigenvalue weighted by Gasteiger charge is 2.36. The zero-order chi connectivity index (χ0) is 13.0. The van der Waals surface area contributed by atoms with Gasteiger partial charge >= 0.3 is 0 Å². The lowest BCUT2D eigenvalue weighted by Crippen LogP contribution is -2.47. The molecule has 0 radical (unpaired) electrons. The molecule has 0 spiro atoms. The highest BCUT2D eigenvalue weighted by molar-refractivity contribution is 9.10. The van der Waals surface area contributed by atoms with Gasteiger partial charge in [0.1, 0.15) is 0 Å². The third kappa shape index (κ3) is 2.79. The topological polar surface area (TPSA) is 15.3 Å². The molecule has 1 saturated heterocycles. The Kier molecular flexibility index (Phi) is 4.82. The fourth-order valence-corrected chi connectivity index (χ4v) is 3.77. The van der Waals surface area contributed by atoms with Gasteiger partial charge in [0.15, 0.2) is 0 Å². The van der Waals surface area contributed by atoms with E-state index in [9.17, 15) is 0 Å². The molecule has 1 N–H and O–H groups in total. The minimum absolute atomic E-state index is 0.292. The Hall–Kier alpha value is -0.380. The second-order valence-corrected chi connectivity index (χ2v) is 6.08. The van der Waals surface area contributed by atoms with Crippen molar-refractivity contribution in [3.63, 3.8) is 0 Å². The van der Waals surface area contributed by atoms with Gasteiger partial charge in [-0.3, -0.25) is 0 Å². The molecule has 1 aliphatic heterocycles. The molecule has 0 amide bonds. The van der Waals surface area contributed by atoms with Gasteiger partial charge in [-0.2, -0.15) is 0 Å². The minimum Gasteiger partial charge on any atom is -0.319 e. The number of rotatable bonds is 4. The van der Waals surface area contributed by atoms with Crippen LogP contribution in [0.15, 0.2) is 28.7 Å². The lowest BCUT2D eigenvalue weighted by molar-refractivity contribution is 0.163. The summed E-state index contributed by atoms with van der Waals surface area (Å²) >= 11 is 3.73. The summed E-state index contributed by atoms with van der Waals surface area (Å²) in [6.07, 6.45) is 2.48. The molecular weight excluding hydrogens is 288 g/mol. The van der Waals surface area contributed by atoms with E-state index in [1.807, 2.05) is 0 Å². The summed E-state index contributed by atoms with van der Waals surface area (Å²) in [5.41, 5.74) is 1.76. The number of nitrogens with zero attached hydrogens (tertiary/aromatic N) is 1. The van der Waals surface area contributed by atoms with Gasteiger partial charge in [0.05, 0.1) is 0 Å². The van der Waals surface area contributed by atoms with E-state index in [1.165, 1.54) is 42.5 Å². The Morgan fingerprint density at radius 2 is 1.94 bits per heavy atom. The van der Waals surface area contributed by atoms with Gasteiger partial charge in [-0.15, -0.1) is 0 Å². The summed E-state index contributed by atoms with van der Waals surface area (Å²) in [6.45, 7) is 6.90. The van der Waals surface area contributed by atoms with Crippen molar-refractivity contribution in [1.29, 1.82) is 0 Å². The van der Waals surface area contributed by atoms with E-state index in [-0.39, 0.29) is 0 Å². The van der Waals surface area contributed by atoms with Gasteiger partial charge in [-0.05, 0) is 51.2 Å². The first-order valence-electron chi connectivity index (χ1n) is 6.84. The van der Waals surface area contributed by atoms with E-state index in [1.54, 1.807) is 0 Å². The Bertz CT molecular complexity index is 384. The predicted octanol–water partition coefficient (Wildman–Crippen LogP) is 3.02. The van der Waals surface area contributed by atoms with Crippen molar-refractivity contribution in [2.75, 3.05) is 33.2 Å². The van der Waals surface area contributed by atoms with Crippen molar-refractivity contribution in [3.8, 4) is 0 Å². The lowest BCUT2D eigenvalue weighted by atomic mass is 9.72. The van der Waals surface area contributed by atoms with Gasteiger partial charge in [0.2, 0.25) is 0 Å². The zero-order valence-corrected chi connectivity index (χ0v) is 13.0. The highest BCUT2D eigenvalue weighted by atomic mass is 79.9. The van der Waals surface area contributed by atoms with E-state index < -0.39 is 0 Å². The summed E-state index contributed by atoms with van der Waals surface area (Å²) in [5, 5.41) is 3.40. The van der Waals surface area contributed by atoms with Crippen molar-refractivity contribution in [1.82, 2.24) is 10.2 Å². The molecule has 1 aromatic rings. The summed E-state index contributed by atoms with van der Waals surface area (Å²) in [4.78, 5) is 2.55. The molecule has 3 heteroatoms. The second kappa shape index (κ2) is 6.18. The first kappa shape index (κ1) is 14.0. The molecule has 0 aliphatic carbocycles. The SMILES string of the molecule is CCN1CCC(CNC)(c2ccccc2Br)CC1. The number of nitrogens with one attached hydrogen (secondary N) is 1. The van der Waals surface area contributed by atoms with Crippen LogP contribution < -0.4 is 5.32 Å². The predicted molar refractivity (Wildman–Crippen MR) is 81.1 cm³/mol. The molecule has 1 aliphatic rings. The fraction of sp³-hybridized carbons (Fsp3) is 0.600. The molecule has 2 rings (SSSR count). The zero-order valence-electron chi connectivity index (χ0n) is 11.4. The molecule has 0 bridgehead atoms. The van der Waals surface area contributed by atoms with Crippen LogP contribution in [0, 0.1) is 0 Å². The standard InChI is InChI=1S/C15H23BrN2/c1-3-18-10-8-15(9-11-18,12-17-2)13-6-4-5-7-14(13)16/h4-7,17H,3,8-12H2,1-2H3. The molecular formula is C15H23BrN2. The number of hydrogen-bond acceptors (Lipinski definition) is 2. The number of piperidine rings is 1. The molecule has 0 atom stereocenters. The van der Waals surface area contributed by atoms with Crippen LogP contribution in [-0.4, -0.2) is 38.1 Å². The number of likely N-dealkylation sites (tertiary alicyclic amines) is 1. The Labute approximate surface area is 119 Å². The van der Waals surface area contributed by atoms with Crippen molar-refractivity contribution >= 4 is 15.9 Å². The highest BCUT2D eigenvalue weighted by Crippen LogP contribution is 2.38. The number of benzene rings is 1. The van der Waals surface area contributed by atoms with E-state index >= 15 is 0 Å². The lowest BCUT2D eigenvalue weighted by Gasteiger charge is -2.42. The Morgan fingerprint density at radius 3 is 2.50 bits per heavy atom. The van der Waals surface area contributed by atoms with Gasteiger partial charge in [0.25, 0.3) is 0 Å². The smallest absolute Gasteiger partial charge is 0.0213 e. The van der Waals surface area contributed by atoms with E-state index in [4.69, 9.17) is 0 Å². The van der Waals surface area contributed by atoms with Gasteiger partial charge in [-0.25, -0.2) is 0 Å². The molecule has 1 aromatic carbocycles. The number of halogens is 1. The summed E-state index contributed by atoms with van der Waals surface area (Å²) in [6, 6.07) is 8.70. The Morgan fingerprint density at radius 1 is 1.28 bits per heavy atom. The van der Waals surface area contributed by atoms with Crippen LogP contribution in [0.1, 0.15) is 25.3 Å². The van der Waals surface area contributed by atoms with Crippen LogP contribution >= 0.6 is 15.9 Å². The maximum Gasteiger partial charge on any atom is 0.0213 e. The average Bonchev–Trinajstić information content (AvgIpc) is 2.40. The largest absolute Gasteiger partial charge is 0.319 e. The van der Waals surface area contributed by atoms with Crippen LogP contribution in [0.5, 0.6) is 0 Å². The summed E-state index contributed by atoms with van der Waals surface area (Å²) in [5.74, 6) is 0. The molecule has 100 valence electrons. The van der Waals surface area contributed by atoms with Crippen molar-refractivity contribution in [2.45, 2.75) is 25.2 Å². The van der Waals surface area contributed by atoms with Crippen molar-refractivity contribution in [3.05, 3.63) is 34.3 Å². The van der Waals surface area contributed by atoms with Crippen molar-refractivity contribution < 1.29 is 0 Å². The molecule has 1 heterocycles. The van der Waals surface area contributed by atoms with Gasteiger partial charge in [0, 0.05) is 16.4 Å². The van der Waals surface area contributed by atoms with E-state index in [0.29, 0.717) is 5.41 Å². The maximum atomic E-state index is 3.73. The number of likely N-dealkylation sites (N-methyl/N-ethyl adjacent to an activating group) is 1. The maximum absolute atomic E-state index is 3.73. The van der Waals surface area contributed by atoms with Crippen LogP contribution in [0.25, 0.3) is 0 Å². The summed E-state index contributed by atoms with van der Waals surface area (Å²) < 4.78 is 1.25.